The lowest BCUT2D eigenvalue weighted by molar-refractivity contribution is -0.143. The van der Waals surface area contributed by atoms with Gasteiger partial charge in [-0.1, -0.05) is 35.0 Å². The molecular formula is C40H37BrF11N3O5. The second-order valence-corrected chi connectivity index (χ2v) is 14.5. The third kappa shape index (κ3) is 11.9. The normalized spacial score (nSPS) is 14.2. The van der Waals surface area contributed by atoms with Crippen molar-refractivity contribution >= 4 is 27.8 Å². The van der Waals surface area contributed by atoms with Gasteiger partial charge < -0.3 is 15.2 Å². The highest BCUT2D eigenvalue weighted by atomic mass is 79.9. The van der Waals surface area contributed by atoms with Crippen LogP contribution in [-0.4, -0.2) is 58.9 Å². The van der Waals surface area contributed by atoms with E-state index in [-0.39, 0.29) is 47.3 Å². The lowest BCUT2D eigenvalue weighted by atomic mass is 9.94. The number of likely N-dealkylation sites (tertiary alicyclic amines) is 1. The summed E-state index contributed by atoms with van der Waals surface area (Å²) in [6, 6.07) is 5.46. The molecule has 0 saturated carbocycles. The third-order valence-corrected chi connectivity index (χ3v) is 9.67. The molecule has 1 saturated heterocycles. The minimum atomic E-state index is -5.27. The highest BCUT2D eigenvalue weighted by molar-refractivity contribution is 9.10. The maximum Gasteiger partial charge on any atom is 0.419 e. The summed E-state index contributed by atoms with van der Waals surface area (Å²) < 4.78 is 159. The monoisotopic (exact) mass is 927 g/mol. The van der Waals surface area contributed by atoms with Crippen LogP contribution in [-0.2, 0) is 45.8 Å². The van der Waals surface area contributed by atoms with E-state index in [4.69, 9.17) is 0 Å². The molecule has 60 heavy (non-hydrogen) atoms. The highest BCUT2D eigenvalue weighted by Crippen LogP contribution is 2.40. The van der Waals surface area contributed by atoms with Gasteiger partial charge in [-0.3, -0.25) is 23.9 Å². The van der Waals surface area contributed by atoms with Crippen molar-refractivity contribution in [1.29, 1.82) is 0 Å². The molecule has 1 atom stereocenters. The zero-order valence-corrected chi connectivity index (χ0v) is 33.5. The van der Waals surface area contributed by atoms with E-state index in [9.17, 15) is 63.4 Å². The van der Waals surface area contributed by atoms with Gasteiger partial charge in [0.05, 0.1) is 23.3 Å². The van der Waals surface area contributed by atoms with Crippen LogP contribution in [0.5, 0.6) is 5.75 Å². The number of carbonyl (C=O) groups is 2. The number of hydrogen-bond acceptors (Lipinski definition) is 6. The standard InChI is InChI=1S/C35H27BrF11N3O3.C5H10O2/c1-17-3-2-4-27(51)29(17)19-7-21(30(38)26(10-19)35(45,46)47)13-48-32(53)31(20-8-22(33(39,40)41)11-23(36)9-20)50-14-18(5-6-49-15-24(37)16-49)25(12-28(50)52)34(42,43)44;1-3-5(6)7-4-2/h2-4,7-12,14,24,31,51H,5-6,13,15-16H2,1H3,(H,48,53);3-4H2,1-2H3. The van der Waals surface area contributed by atoms with Crippen LogP contribution in [0.2, 0.25) is 0 Å². The van der Waals surface area contributed by atoms with Crippen LogP contribution >= 0.6 is 15.9 Å². The Bertz CT molecular complexity index is 2230. The summed E-state index contributed by atoms with van der Waals surface area (Å²) in [7, 11) is 0. The van der Waals surface area contributed by atoms with Gasteiger partial charge >= 0.3 is 24.5 Å². The number of nitrogens with one attached hydrogen (secondary N) is 1. The van der Waals surface area contributed by atoms with Crippen molar-refractivity contribution in [2.24, 2.45) is 0 Å². The van der Waals surface area contributed by atoms with Crippen molar-refractivity contribution < 1.29 is 67.7 Å². The molecule has 0 radical (unpaired) electrons. The number of ether oxygens (including phenoxy) is 1. The molecule has 0 spiro atoms. The summed E-state index contributed by atoms with van der Waals surface area (Å²) in [6.45, 7) is 4.23. The van der Waals surface area contributed by atoms with E-state index in [1.807, 2.05) is 0 Å². The number of nitrogens with zero attached hydrogens (tertiary/aromatic N) is 2. The van der Waals surface area contributed by atoms with E-state index < -0.39 is 100 Å². The number of alkyl halides is 10. The SMILES string of the molecule is CCOC(=O)CC.Cc1cccc(O)c1-c1cc(CNC(=O)C(c2cc(Br)cc(C(F)(F)F)c2)n2cc(CCN3CC(F)C3)c(C(F)(F)F)cc2=O)c(F)c(C(F)(F)F)c1. The van der Waals surface area contributed by atoms with Crippen molar-refractivity contribution in [3.8, 4) is 16.9 Å². The number of halogens is 12. The van der Waals surface area contributed by atoms with Crippen LogP contribution in [0.4, 0.5) is 48.3 Å². The average molecular weight is 929 g/mol. The fourth-order valence-corrected chi connectivity index (χ4v) is 6.84. The summed E-state index contributed by atoms with van der Waals surface area (Å²) in [4.78, 5) is 38.9. The molecule has 1 aliphatic heterocycles. The first kappa shape index (κ1) is 47.7. The average Bonchev–Trinajstić information content (AvgIpc) is 3.12. The molecular weight excluding hydrogens is 891 g/mol. The number of phenolic OH excluding ortho intramolecular Hbond substituents is 1. The van der Waals surface area contributed by atoms with Gasteiger partial charge in [-0.2, -0.15) is 39.5 Å². The number of amides is 1. The smallest absolute Gasteiger partial charge is 0.419 e. The Morgan fingerprint density at radius 1 is 0.917 bits per heavy atom. The largest absolute Gasteiger partial charge is 0.507 e. The first-order valence-corrected chi connectivity index (χ1v) is 18.8. The Morgan fingerprint density at radius 2 is 1.57 bits per heavy atom. The van der Waals surface area contributed by atoms with Crippen LogP contribution in [0.25, 0.3) is 11.1 Å². The lowest BCUT2D eigenvalue weighted by Gasteiger charge is -2.34. The predicted molar refractivity (Wildman–Crippen MR) is 200 cm³/mol. The van der Waals surface area contributed by atoms with Crippen LogP contribution < -0.4 is 10.9 Å². The highest BCUT2D eigenvalue weighted by Gasteiger charge is 2.39. The molecule has 4 aromatic rings. The number of rotatable bonds is 11. The van der Waals surface area contributed by atoms with Crippen LogP contribution in [0, 0.1) is 12.7 Å². The Kier molecular flexibility index (Phi) is 15.2. The van der Waals surface area contributed by atoms with Crippen molar-refractivity contribution in [2.75, 3.05) is 26.2 Å². The van der Waals surface area contributed by atoms with Crippen LogP contribution in [0.3, 0.4) is 0 Å². The van der Waals surface area contributed by atoms with E-state index in [0.29, 0.717) is 47.6 Å². The summed E-state index contributed by atoms with van der Waals surface area (Å²) in [6.07, 6.45) is -15.9. The van der Waals surface area contributed by atoms with Crippen molar-refractivity contribution in [2.45, 2.75) is 70.9 Å². The van der Waals surface area contributed by atoms with E-state index in [1.54, 1.807) is 13.8 Å². The topological polar surface area (TPSA) is 101 Å². The Labute approximate surface area is 344 Å². The number of aromatic nitrogens is 1. The fraction of sp³-hybridized carbons (Fsp3) is 0.375. The second-order valence-electron chi connectivity index (χ2n) is 13.6. The fourth-order valence-electron chi connectivity index (χ4n) is 6.33. The van der Waals surface area contributed by atoms with Gasteiger partial charge in [-0.15, -0.1) is 0 Å². The molecule has 0 bridgehead atoms. The first-order valence-electron chi connectivity index (χ1n) is 18.0. The van der Waals surface area contributed by atoms with Crippen molar-refractivity contribution in [1.82, 2.24) is 14.8 Å². The number of pyridine rings is 1. The van der Waals surface area contributed by atoms with Gasteiger partial charge in [0.1, 0.15) is 23.8 Å². The van der Waals surface area contributed by atoms with E-state index in [2.05, 4.69) is 26.0 Å². The number of carbonyl (C=O) groups excluding carboxylic acids is 2. The number of phenols is 1. The summed E-state index contributed by atoms with van der Waals surface area (Å²) >= 11 is 2.90. The molecule has 2 heterocycles. The van der Waals surface area contributed by atoms with E-state index >= 15 is 4.39 Å². The summed E-state index contributed by atoms with van der Waals surface area (Å²) in [5, 5.41) is 12.5. The Morgan fingerprint density at radius 3 is 2.10 bits per heavy atom. The molecule has 1 fully saturated rings. The summed E-state index contributed by atoms with van der Waals surface area (Å²) in [5.74, 6) is -3.80. The Hall–Kier alpha value is -4.98. The van der Waals surface area contributed by atoms with Gasteiger partial charge in [0.2, 0.25) is 5.91 Å². The van der Waals surface area contributed by atoms with E-state index in [0.717, 1.165) is 12.1 Å². The molecule has 20 heteroatoms. The minimum Gasteiger partial charge on any atom is -0.507 e. The molecule has 3 aromatic carbocycles. The number of aryl methyl sites for hydroxylation is 1. The minimum absolute atomic E-state index is 0.0679. The first-order chi connectivity index (χ1) is 27.8. The predicted octanol–water partition coefficient (Wildman–Crippen LogP) is 9.55. The molecule has 8 nitrogen and oxygen atoms in total. The van der Waals surface area contributed by atoms with Gasteiger partial charge in [0.15, 0.2) is 0 Å². The number of aromatic hydroxyl groups is 1. The zero-order valence-electron chi connectivity index (χ0n) is 31.9. The second kappa shape index (κ2) is 19.2. The molecule has 1 amide bonds. The molecule has 326 valence electrons. The maximum atomic E-state index is 15.4. The quantitative estimate of drug-likeness (QED) is 0.115. The van der Waals surface area contributed by atoms with Gasteiger partial charge in [0, 0.05) is 60.5 Å². The third-order valence-electron chi connectivity index (χ3n) is 9.21. The Balaban J connectivity index is 0.00000104. The molecule has 0 aliphatic carbocycles. The molecule has 1 unspecified atom stereocenters. The van der Waals surface area contributed by atoms with Gasteiger partial charge in [-0.25, -0.2) is 8.78 Å². The number of hydrogen-bond donors (Lipinski definition) is 2. The van der Waals surface area contributed by atoms with Crippen molar-refractivity contribution in [3.05, 3.63) is 120 Å². The molecule has 2 N–H and O–H groups in total. The van der Waals surface area contributed by atoms with Gasteiger partial charge in [-0.05, 0) is 78.9 Å². The number of esters is 1. The molecule has 1 aromatic heterocycles. The maximum absolute atomic E-state index is 15.4. The lowest BCUT2D eigenvalue weighted by Crippen LogP contribution is -2.49. The van der Waals surface area contributed by atoms with Crippen LogP contribution in [0.1, 0.15) is 65.3 Å². The van der Waals surface area contributed by atoms with Crippen LogP contribution in [0.15, 0.2) is 70.1 Å². The molecule has 1 aliphatic rings. The van der Waals surface area contributed by atoms with E-state index in [1.165, 1.54) is 30.0 Å². The summed E-state index contributed by atoms with van der Waals surface area (Å²) in [5.41, 5.74) is -8.01. The molecule has 5 rings (SSSR count). The van der Waals surface area contributed by atoms with Gasteiger partial charge in [0.25, 0.3) is 5.56 Å². The zero-order chi connectivity index (χ0) is 44.9. The van der Waals surface area contributed by atoms with Crippen molar-refractivity contribution in [3.63, 3.8) is 0 Å². The number of benzene rings is 3.